The molecule has 58 heavy (non-hydrogen) atoms. The Kier molecular flexibility index (Phi) is 31.5. The van der Waals surface area contributed by atoms with Gasteiger partial charge in [0.1, 0.15) is 0 Å². The van der Waals surface area contributed by atoms with Gasteiger partial charge in [-0.05, 0) is 107 Å². The van der Waals surface area contributed by atoms with E-state index in [1.165, 1.54) is 18.3 Å². The van der Waals surface area contributed by atoms with Gasteiger partial charge in [0.25, 0.3) is 0 Å². The number of rotatable bonds is 29. The van der Waals surface area contributed by atoms with Crippen molar-refractivity contribution in [3.05, 3.63) is 47.6 Å². The van der Waals surface area contributed by atoms with Crippen molar-refractivity contribution < 1.29 is 49.2 Å². The van der Waals surface area contributed by atoms with Crippen LogP contribution in [0.3, 0.4) is 0 Å². The zero-order valence-corrected chi connectivity index (χ0v) is 39.2. The van der Waals surface area contributed by atoms with Crippen LogP contribution in [0.1, 0.15) is 120 Å². The van der Waals surface area contributed by atoms with E-state index in [1.54, 1.807) is 28.4 Å². The molecule has 0 amide bonds. The Bertz CT molecular complexity index is 1130. The summed E-state index contributed by atoms with van der Waals surface area (Å²) in [6.45, 7) is 17.4. The second-order valence-electron chi connectivity index (χ2n) is 17.0. The largest absolute Gasteiger partial charge is 0.400 e. The summed E-state index contributed by atoms with van der Waals surface area (Å²) in [4.78, 5) is 0. The predicted octanol–water partition coefficient (Wildman–Crippen LogP) is 8.30. The zero-order chi connectivity index (χ0) is 44.4. The third kappa shape index (κ3) is 21.4. The fourth-order valence-electron chi connectivity index (χ4n) is 8.55. The van der Waals surface area contributed by atoms with Crippen LogP contribution in [0.25, 0.3) is 0 Å². The summed E-state index contributed by atoms with van der Waals surface area (Å²) in [5, 5.41) is 46.9. The van der Waals surface area contributed by atoms with Gasteiger partial charge in [-0.25, -0.2) is 0 Å². The molecule has 2 saturated carbocycles. The van der Waals surface area contributed by atoms with Crippen LogP contribution in [-0.4, -0.2) is 118 Å². The Balaban J connectivity index is 0.00000108. The first-order valence-electron chi connectivity index (χ1n) is 22.1. The number of hydrogen-bond donors (Lipinski definition) is 5. The van der Waals surface area contributed by atoms with Crippen molar-refractivity contribution in [1.82, 2.24) is 0 Å². The maximum absolute atomic E-state index is 10.7. The average molecular weight is 827 g/mol. The lowest BCUT2D eigenvalue weighted by Crippen LogP contribution is -2.25. The molecule has 0 saturated heterocycles. The number of aliphatic hydroxyl groups excluding tert-OH is 5. The first-order valence-corrected chi connectivity index (χ1v) is 22.1. The summed E-state index contributed by atoms with van der Waals surface area (Å²) in [6, 6.07) is 0. The van der Waals surface area contributed by atoms with Crippen LogP contribution < -0.4 is 0 Å². The Morgan fingerprint density at radius 1 is 0.586 bits per heavy atom. The summed E-state index contributed by atoms with van der Waals surface area (Å²) in [5.74, 6) is 3.17. The van der Waals surface area contributed by atoms with Crippen LogP contribution in [0.4, 0.5) is 0 Å². The van der Waals surface area contributed by atoms with Crippen molar-refractivity contribution in [2.45, 2.75) is 163 Å². The van der Waals surface area contributed by atoms with E-state index < -0.39 is 6.29 Å². The molecule has 0 spiro atoms. The molecule has 2 aliphatic carbocycles. The number of allylic oxidation sites excluding steroid dienone is 4. The molecule has 0 aromatic heterocycles. The molecule has 2 fully saturated rings. The smallest absolute Gasteiger partial charge is 0.154 e. The molecule has 2 rings (SSSR count). The van der Waals surface area contributed by atoms with Gasteiger partial charge in [0.05, 0.1) is 36.6 Å². The minimum absolute atomic E-state index is 0.0634. The van der Waals surface area contributed by atoms with E-state index in [1.807, 2.05) is 6.08 Å². The molecule has 0 aromatic rings. The fourth-order valence-corrected chi connectivity index (χ4v) is 8.55. The van der Waals surface area contributed by atoms with E-state index in [-0.39, 0.29) is 49.0 Å². The second-order valence-corrected chi connectivity index (χ2v) is 17.0. The monoisotopic (exact) mass is 827 g/mol. The van der Waals surface area contributed by atoms with Crippen molar-refractivity contribution in [2.75, 3.05) is 49.3 Å². The van der Waals surface area contributed by atoms with E-state index in [9.17, 15) is 15.3 Å². The molecule has 10 heteroatoms. The first-order chi connectivity index (χ1) is 27.7. The van der Waals surface area contributed by atoms with Crippen molar-refractivity contribution in [2.24, 2.45) is 47.3 Å². The standard InChI is InChI=1S/C24H44O5.C23H42O4.CH4O/c1-8-22(28-6)18(4)20-15-21(20)24(26)17(3)11-9-10-16(2)14-19(27-5)12-13-23(25)29-7;1-7-22(27-6)18(4)20-15-21(20)23(25)17(3)11-8-10-16(2)14-19(26-5)12-9-13-24;1-2/h9-11,17-26H,8,12-15H2,1-7H3;8,10-11,17-25H,7,9,12-15H2,1-6H3;2H,1H3/b11-9+,16-10+;11-8+,16-10+;/t17?,18?,19-,20?,21?,22?,23+,24?;;/m1../s1. The molecular formula is C48H90O10. The lowest BCUT2D eigenvalue weighted by atomic mass is 9.91. The van der Waals surface area contributed by atoms with Crippen LogP contribution in [0.2, 0.25) is 0 Å². The highest BCUT2D eigenvalue weighted by molar-refractivity contribution is 5.14. The first kappa shape index (κ1) is 56.6. The van der Waals surface area contributed by atoms with Crippen LogP contribution in [0.5, 0.6) is 0 Å². The molecule has 13 unspecified atom stereocenters. The molecule has 342 valence electrons. The van der Waals surface area contributed by atoms with Gasteiger partial charge >= 0.3 is 0 Å². The van der Waals surface area contributed by atoms with Crippen molar-refractivity contribution in [3.63, 3.8) is 0 Å². The highest BCUT2D eigenvalue weighted by atomic mass is 16.6. The maximum atomic E-state index is 10.7. The van der Waals surface area contributed by atoms with E-state index in [4.69, 9.17) is 33.9 Å². The topological polar surface area (TPSA) is 147 Å². The highest BCUT2D eigenvalue weighted by Crippen LogP contribution is 2.51. The second kappa shape index (κ2) is 32.3. The van der Waals surface area contributed by atoms with Gasteiger partial charge in [-0.15, -0.1) is 0 Å². The normalized spacial score (nSPS) is 25.3. The predicted molar refractivity (Wildman–Crippen MR) is 237 cm³/mol. The van der Waals surface area contributed by atoms with Crippen molar-refractivity contribution >= 4 is 0 Å². The summed E-state index contributed by atoms with van der Waals surface area (Å²) < 4.78 is 27.0. The summed E-state index contributed by atoms with van der Waals surface area (Å²) in [7, 11) is 9.50. The van der Waals surface area contributed by atoms with Crippen molar-refractivity contribution in [1.29, 1.82) is 0 Å². The van der Waals surface area contributed by atoms with Gasteiger partial charge in [-0.1, -0.05) is 89.1 Å². The maximum Gasteiger partial charge on any atom is 0.154 e. The van der Waals surface area contributed by atoms with Crippen LogP contribution in [0, 0.1) is 47.3 Å². The summed E-state index contributed by atoms with van der Waals surface area (Å²) in [6.07, 6.45) is 20.9. The molecule has 2 aliphatic rings. The summed E-state index contributed by atoms with van der Waals surface area (Å²) >= 11 is 0. The van der Waals surface area contributed by atoms with Crippen molar-refractivity contribution in [3.8, 4) is 0 Å². The molecular weight excluding hydrogens is 737 g/mol. The van der Waals surface area contributed by atoms with E-state index >= 15 is 0 Å². The number of aliphatic hydroxyl groups is 5. The fraction of sp³-hybridized carbons (Fsp3) is 0.833. The van der Waals surface area contributed by atoms with Gasteiger partial charge in [-0.2, -0.15) is 0 Å². The van der Waals surface area contributed by atoms with Crippen LogP contribution >= 0.6 is 0 Å². The van der Waals surface area contributed by atoms with E-state index in [0.717, 1.165) is 64.9 Å². The molecule has 5 N–H and O–H groups in total. The lowest BCUT2D eigenvalue weighted by molar-refractivity contribution is -0.0854. The van der Waals surface area contributed by atoms with Gasteiger partial charge in [0, 0.05) is 67.5 Å². The molecule has 15 atom stereocenters. The van der Waals surface area contributed by atoms with Crippen LogP contribution in [0.15, 0.2) is 47.6 Å². The SMILES string of the molecule is CCC(OC)C(C)C1CC1C(O)C(C)/C=C/C=C(\C)CC(CCCO)OC.CCC(OC)C(C)C1CC1C(O)C(C)/C=C/C=C(\C)C[C@@H](CC[C@@H](O)OC)OC.CO. The highest BCUT2D eigenvalue weighted by Gasteiger charge is 2.49. The number of methoxy groups -OCH3 is 5. The summed E-state index contributed by atoms with van der Waals surface area (Å²) in [5.41, 5.74) is 2.46. The third-order valence-electron chi connectivity index (χ3n) is 12.7. The van der Waals surface area contributed by atoms with Crippen LogP contribution in [-0.2, 0) is 23.7 Å². The average Bonchev–Trinajstić information content (AvgIpc) is 4.17. The molecule has 0 aromatic carbocycles. The molecule has 0 bridgehead atoms. The molecule has 0 heterocycles. The molecule has 0 radical (unpaired) electrons. The van der Waals surface area contributed by atoms with Gasteiger partial charge < -0.3 is 49.2 Å². The van der Waals surface area contributed by atoms with E-state index in [2.05, 4.69) is 85.8 Å². The Labute approximate surface area is 355 Å². The minimum atomic E-state index is -0.732. The Morgan fingerprint density at radius 3 is 1.31 bits per heavy atom. The zero-order valence-electron chi connectivity index (χ0n) is 39.2. The third-order valence-corrected chi connectivity index (χ3v) is 12.7. The number of hydrogen-bond acceptors (Lipinski definition) is 10. The lowest BCUT2D eigenvalue weighted by Gasteiger charge is -2.23. The number of ether oxygens (including phenoxy) is 5. The molecule has 10 nitrogen and oxygen atoms in total. The van der Waals surface area contributed by atoms with Gasteiger partial charge in [0.15, 0.2) is 6.29 Å². The molecule has 0 aliphatic heterocycles. The quantitative estimate of drug-likeness (QED) is 0.0369. The van der Waals surface area contributed by atoms with E-state index in [0.29, 0.717) is 48.0 Å². The Hall–Kier alpha value is -1.44. The minimum Gasteiger partial charge on any atom is -0.400 e. The Morgan fingerprint density at radius 2 is 0.983 bits per heavy atom. The van der Waals surface area contributed by atoms with Gasteiger partial charge in [0.2, 0.25) is 0 Å². The van der Waals surface area contributed by atoms with Gasteiger partial charge in [-0.3, -0.25) is 0 Å².